The number of rotatable bonds is 4. The Kier molecular flexibility index (Phi) is 7.35. The molecule has 0 saturated heterocycles. The van der Waals surface area contributed by atoms with Crippen LogP contribution in [0.15, 0.2) is 53.6 Å². The average molecular weight is 551 g/mol. The van der Waals surface area contributed by atoms with Gasteiger partial charge in [0, 0.05) is 5.69 Å². The number of carboxylic acid groups (broad SMARTS) is 1. The van der Waals surface area contributed by atoms with Crippen molar-refractivity contribution in [2.45, 2.75) is 26.1 Å². The van der Waals surface area contributed by atoms with Crippen LogP contribution in [0.2, 0.25) is 0 Å². The Bertz CT molecular complexity index is 1840. The van der Waals surface area contributed by atoms with Crippen LogP contribution in [-0.4, -0.2) is 46.6 Å². The predicted molar refractivity (Wildman–Crippen MR) is 138 cm³/mol. The summed E-state index contributed by atoms with van der Waals surface area (Å²) in [6.45, 7) is 3.73. The molecule has 0 aliphatic rings. The Morgan fingerprint density at radius 2 is 1.90 bits per heavy atom. The molecule has 0 radical (unpaired) electrons. The van der Waals surface area contributed by atoms with Crippen molar-refractivity contribution in [3.63, 3.8) is 0 Å². The lowest BCUT2D eigenvalue weighted by Gasteiger charge is -2.19. The minimum atomic E-state index is -5.08. The number of H-pyrrole nitrogens is 1. The molecule has 1 atom stereocenters. The Labute approximate surface area is 223 Å². The normalized spacial score (nSPS) is 11.9. The number of alkyl halides is 3. The molecule has 4 aromatic heterocycles. The SMILES string of the molecule is Cc1cccc2nc(C(C)Nc3nc(N)nc4nc[nH]c34)c(-c3cccc(C#N)c3)c(=O)n12.O=C(O)C(F)(F)F. The second-order valence-corrected chi connectivity index (χ2v) is 8.43. The summed E-state index contributed by atoms with van der Waals surface area (Å²) in [4.78, 5) is 43.0. The second kappa shape index (κ2) is 10.7. The van der Waals surface area contributed by atoms with Gasteiger partial charge < -0.3 is 21.1 Å². The maximum absolute atomic E-state index is 13.7. The van der Waals surface area contributed by atoms with Gasteiger partial charge in [-0.2, -0.15) is 28.4 Å². The summed E-state index contributed by atoms with van der Waals surface area (Å²) >= 11 is 0. The molecule has 1 aromatic carbocycles. The lowest BCUT2D eigenvalue weighted by atomic mass is 9.99. The number of nitrogens with two attached hydrogens (primary N) is 1. The van der Waals surface area contributed by atoms with Crippen molar-refractivity contribution < 1.29 is 23.1 Å². The smallest absolute Gasteiger partial charge is 0.475 e. The molecular weight excluding hydrogens is 531 g/mol. The van der Waals surface area contributed by atoms with E-state index in [9.17, 15) is 23.2 Å². The third-order valence-electron chi connectivity index (χ3n) is 5.66. The number of imidazole rings is 1. The van der Waals surface area contributed by atoms with E-state index in [1.807, 2.05) is 26.0 Å². The van der Waals surface area contributed by atoms with E-state index in [2.05, 4.69) is 31.3 Å². The number of aromatic nitrogens is 6. The molecule has 0 bridgehead atoms. The third kappa shape index (κ3) is 5.50. The molecule has 0 aliphatic heterocycles. The van der Waals surface area contributed by atoms with Crippen LogP contribution < -0.4 is 16.6 Å². The quantitative estimate of drug-likeness (QED) is 0.257. The number of nitriles is 1. The molecule has 40 heavy (non-hydrogen) atoms. The monoisotopic (exact) mass is 551 g/mol. The van der Waals surface area contributed by atoms with Crippen molar-refractivity contribution in [2.24, 2.45) is 0 Å². The van der Waals surface area contributed by atoms with Gasteiger partial charge in [-0.15, -0.1) is 0 Å². The van der Waals surface area contributed by atoms with Gasteiger partial charge in [0.25, 0.3) is 5.56 Å². The van der Waals surface area contributed by atoms with Crippen LogP contribution >= 0.6 is 0 Å². The lowest BCUT2D eigenvalue weighted by molar-refractivity contribution is -0.192. The zero-order valence-corrected chi connectivity index (χ0v) is 20.9. The highest BCUT2D eigenvalue weighted by Gasteiger charge is 2.38. The summed E-state index contributed by atoms with van der Waals surface area (Å²) in [7, 11) is 0. The van der Waals surface area contributed by atoms with E-state index in [0.29, 0.717) is 45.0 Å². The topological polar surface area (TPSA) is 188 Å². The summed E-state index contributed by atoms with van der Waals surface area (Å²) in [5.41, 5.74) is 9.94. The molecule has 0 aliphatic carbocycles. The van der Waals surface area contributed by atoms with Gasteiger partial charge in [0.2, 0.25) is 5.95 Å². The Morgan fingerprint density at radius 3 is 2.58 bits per heavy atom. The van der Waals surface area contributed by atoms with E-state index >= 15 is 0 Å². The first-order valence-electron chi connectivity index (χ1n) is 11.5. The fourth-order valence-corrected chi connectivity index (χ4v) is 3.91. The molecule has 5 N–H and O–H groups in total. The minimum absolute atomic E-state index is 0.0772. The molecule has 0 amide bonds. The minimum Gasteiger partial charge on any atom is -0.475 e. The summed E-state index contributed by atoms with van der Waals surface area (Å²) in [6.07, 6.45) is -3.57. The zero-order valence-electron chi connectivity index (χ0n) is 20.9. The number of nitrogens with one attached hydrogen (secondary N) is 2. The van der Waals surface area contributed by atoms with Crippen molar-refractivity contribution in [3.8, 4) is 17.2 Å². The van der Waals surface area contributed by atoms with Crippen LogP contribution in [0.1, 0.15) is 29.9 Å². The molecule has 5 aromatic rings. The van der Waals surface area contributed by atoms with Crippen LogP contribution in [0, 0.1) is 18.3 Å². The third-order valence-corrected chi connectivity index (χ3v) is 5.66. The van der Waals surface area contributed by atoms with Crippen LogP contribution in [-0.2, 0) is 4.79 Å². The predicted octanol–water partition coefficient (Wildman–Crippen LogP) is 3.60. The fraction of sp³-hybridized carbons (Fsp3) is 0.160. The highest BCUT2D eigenvalue weighted by atomic mass is 19.4. The average Bonchev–Trinajstić information content (AvgIpc) is 3.37. The van der Waals surface area contributed by atoms with Crippen LogP contribution in [0.5, 0.6) is 0 Å². The van der Waals surface area contributed by atoms with Crippen LogP contribution in [0.4, 0.5) is 24.9 Å². The van der Waals surface area contributed by atoms with Gasteiger partial charge in [-0.3, -0.25) is 9.20 Å². The van der Waals surface area contributed by atoms with Gasteiger partial charge in [0.1, 0.15) is 11.2 Å². The number of fused-ring (bicyclic) bond motifs is 2. The molecule has 12 nitrogen and oxygen atoms in total. The number of benzene rings is 1. The molecule has 0 fully saturated rings. The maximum atomic E-state index is 13.7. The number of aromatic amines is 1. The first kappa shape index (κ1) is 27.5. The second-order valence-electron chi connectivity index (χ2n) is 8.43. The Morgan fingerprint density at radius 1 is 1.20 bits per heavy atom. The van der Waals surface area contributed by atoms with E-state index in [1.165, 1.54) is 6.33 Å². The number of halogens is 3. The number of anilines is 2. The van der Waals surface area contributed by atoms with Gasteiger partial charge in [0.15, 0.2) is 11.5 Å². The number of carboxylic acids is 1. The van der Waals surface area contributed by atoms with E-state index in [0.717, 1.165) is 5.69 Å². The summed E-state index contributed by atoms with van der Waals surface area (Å²) in [6, 6.07) is 14.1. The lowest BCUT2D eigenvalue weighted by Crippen LogP contribution is -2.24. The molecule has 4 heterocycles. The molecular formula is C25H20F3N9O3. The summed E-state index contributed by atoms with van der Waals surface area (Å²) in [5, 5.41) is 19.8. The number of aryl methyl sites for hydroxylation is 1. The number of hydrogen-bond donors (Lipinski definition) is 4. The fourth-order valence-electron chi connectivity index (χ4n) is 3.91. The molecule has 204 valence electrons. The van der Waals surface area contributed by atoms with Crippen molar-refractivity contribution in [3.05, 3.63) is 76.1 Å². The Balaban J connectivity index is 0.000000470. The first-order valence-corrected chi connectivity index (χ1v) is 11.5. The largest absolute Gasteiger partial charge is 0.490 e. The van der Waals surface area contributed by atoms with E-state index in [-0.39, 0.29) is 11.5 Å². The molecule has 0 spiro atoms. The van der Waals surface area contributed by atoms with Gasteiger partial charge in [0.05, 0.1) is 35.3 Å². The first-order chi connectivity index (χ1) is 18.9. The van der Waals surface area contributed by atoms with Crippen LogP contribution in [0.3, 0.4) is 0 Å². The van der Waals surface area contributed by atoms with Gasteiger partial charge >= 0.3 is 12.1 Å². The van der Waals surface area contributed by atoms with Gasteiger partial charge in [-0.25, -0.2) is 14.8 Å². The number of hydrogen-bond acceptors (Lipinski definition) is 9. The number of aliphatic carboxylic acids is 1. The summed E-state index contributed by atoms with van der Waals surface area (Å²) in [5.74, 6) is -2.23. The van der Waals surface area contributed by atoms with Crippen molar-refractivity contribution >= 4 is 34.5 Å². The standard InChI is InChI=1S/C23H19N9O.C2HF3O2/c1-12-5-3-8-16-29-18(13(2)28-21-19-20(27-11-26-19)30-23(25)31-21)17(22(33)32(12)16)15-7-4-6-14(9-15)10-24;3-2(4,5)1(6)7/h3-9,11,13H,1-2H3,(H4,25,26,27,28,30,31);(H,6,7). The van der Waals surface area contributed by atoms with E-state index in [4.69, 9.17) is 20.6 Å². The maximum Gasteiger partial charge on any atom is 0.490 e. The number of nitrogen functional groups attached to an aromatic ring is 1. The molecule has 0 saturated carbocycles. The highest BCUT2D eigenvalue weighted by molar-refractivity contribution is 5.84. The zero-order chi connectivity index (χ0) is 29.2. The van der Waals surface area contributed by atoms with Gasteiger partial charge in [-0.1, -0.05) is 18.2 Å². The molecule has 15 heteroatoms. The van der Waals surface area contributed by atoms with Crippen molar-refractivity contribution in [2.75, 3.05) is 11.1 Å². The van der Waals surface area contributed by atoms with Crippen LogP contribution in [0.25, 0.3) is 27.9 Å². The van der Waals surface area contributed by atoms with Crippen molar-refractivity contribution in [1.82, 2.24) is 29.3 Å². The molecule has 1 unspecified atom stereocenters. The number of carbonyl (C=O) groups is 1. The highest BCUT2D eigenvalue weighted by Crippen LogP contribution is 2.29. The van der Waals surface area contributed by atoms with E-state index in [1.54, 1.807) is 34.7 Å². The number of nitrogens with zero attached hydrogens (tertiary/aromatic N) is 6. The molecule has 5 rings (SSSR count). The van der Waals surface area contributed by atoms with Gasteiger partial charge in [-0.05, 0) is 43.7 Å². The Hall–Kier alpha value is -5.52. The summed E-state index contributed by atoms with van der Waals surface area (Å²) < 4.78 is 33.3. The number of pyridine rings is 1. The van der Waals surface area contributed by atoms with Crippen molar-refractivity contribution in [1.29, 1.82) is 5.26 Å². The van der Waals surface area contributed by atoms with E-state index < -0.39 is 18.2 Å².